The molecule has 0 amide bonds. The van der Waals surface area contributed by atoms with E-state index in [1.165, 1.54) is 24.8 Å². The Bertz CT molecular complexity index is 833. The van der Waals surface area contributed by atoms with Crippen molar-refractivity contribution >= 4 is 57.1 Å². The van der Waals surface area contributed by atoms with Crippen molar-refractivity contribution in [1.29, 1.82) is 0 Å². The zero-order valence-electron chi connectivity index (χ0n) is 15.6. The summed E-state index contributed by atoms with van der Waals surface area (Å²) in [6.45, 7) is 0. The van der Waals surface area contributed by atoms with Gasteiger partial charge in [-0.25, -0.2) is 4.79 Å². The maximum Gasteiger partial charge on any atom is 0.341 e. The average molecular weight is 421 g/mol. The number of thioether (sulfide) groups is 1. The van der Waals surface area contributed by atoms with Crippen LogP contribution in [0.2, 0.25) is 0 Å². The number of methoxy groups -OCH3 is 1. The number of hydrogen-bond donors (Lipinski definition) is 2. The highest BCUT2D eigenvalue weighted by molar-refractivity contribution is 7.98. The standard InChI is InChI=1S/C20H24N2O2S3/c1-24-19(23)17-13-9-5-3-4-6-11-15(13)27-18(17)22-20(25)21-14-10-7-8-12-16(14)26-2/h7-8,10,12H,3-6,9,11H2,1-2H3,(H2,21,22,25). The highest BCUT2D eigenvalue weighted by Gasteiger charge is 2.25. The van der Waals surface area contributed by atoms with Gasteiger partial charge in [-0.3, -0.25) is 0 Å². The highest BCUT2D eigenvalue weighted by atomic mass is 32.2. The number of aryl methyl sites for hydroxylation is 1. The van der Waals surface area contributed by atoms with Gasteiger partial charge in [0, 0.05) is 9.77 Å². The zero-order chi connectivity index (χ0) is 19.2. The van der Waals surface area contributed by atoms with Gasteiger partial charge >= 0.3 is 5.97 Å². The first-order valence-corrected chi connectivity index (χ1v) is 11.5. The van der Waals surface area contributed by atoms with Crippen molar-refractivity contribution in [3.63, 3.8) is 0 Å². The van der Waals surface area contributed by atoms with Crippen LogP contribution < -0.4 is 10.6 Å². The fourth-order valence-electron chi connectivity index (χ4n) is 3.33. The zero-order valence-corrected chi connectivity index (χ0v) is 18.0. The largest absolute Gasteiger partial charge is 0.465 e. The number of para-hydroxylation sites is 1. The molecule has 0 atom stereocenters. The van der Waals surface area contributed by atoms with E-state index in [1.807, 2.05) is 30.5 Å². The van der Waals surface area contributed by atoms with Gasteiger partial charge in [-0.2, -0.15) is 0 Å². The third-order valence-electron chi connectivity index (χ3n) is 4.64. The van der Waals surface area contributed by atoms with Crippen LogP contribution in [0.3, 0.4) is 0 Å². The smallest absolute Gasteiger partial charge is 0.341 e. The van der Waals surface area contributed by atoms with E-state index in [4.69, 9.17) is 17.0 Å². The minimum absolute atomic E-state index is 0.289. The Morgan fingerprint density at radius 3 is 2.63 bits per heavy atom. The third kappa shape index (κ3) is 4.83. The van der Waals surface area contributed by atoms with E-state index in [0.29, 0.717) is 10.7 Å². The molecule has 1 aliphatic rings. The van der Waals surface area contributed by atoms with Gasteiger partial charge in [0.1, 0.15) is 5.00 Å². The summed E-state index contributed by atoms with van der Waals surface area (Å²) in [5, 5.41) is 7.77. The van der Waals surface area contributed by atoms with E-state index in [9.17, 15) is 4.79 Å². The molecule has 1 aromatic heterocycles. The van der Waals surface area contributed by atoms with Gasteiger partial charge in [-0.1, -0.05) is 25.0 Å². The number of fused-ring (bicyclic) bond motifs is 1. The first kappa shape index (κ1) is 20.2. The molecule has 0 bridgehead atoms. The maximum atomic E-state index is 12.5. The van der Waals surface area contributed by atoms with Crippen LogP contribution in [0.5, 0.6) is 0 Å². The van der Waals surface area contributed by atoms with Crippen LogP contribution >= 0.6 is 35.3 Å². The molecule has 0 unspecified atom stereocenters. The number of carbonyl (C=O) groups is 1. The summed E-state index contributed by atoms with van der Waals surface area (Å²) in [6, 6.07) is 8.02. The molecule has 0 saturated heterocycles. The first-order valence-electron chi connectivity index (χ1n) is 9.08. The fraction of sp³-hybridized carbons (Fsp3) is 0.400. The Hall–Kier alpha value is -1.57. The van der Waals surface area contributed by atoms with E-state index in [2.05, 4.69) is 10.6 Å². The molecule has 0 fully saturated rings. The van der Waals surface area contributed by atoms with E-state index in [0.717, 1.165) is 46.8 Å². The molecule has 7 heteroatoms. The van der Waals surface area contributed by atoms with Gasteiger partial charge in [-0.05, 0) is 61.9 Å². The average Bonchev–Trinajstić information content (AvgIpc) is 2.97. The number of thiophene rings is 1. The number of anilines is 2. The van der Waals surface area contributed by atoms with Gasteiger partial charge in [0.05, 0.1) is 18.4 Å². The van der Waals surface area contributed by atoms with Crippen LogP contribution in [-0.4, -0.2) is 24.4 Å². The second-order valence-electron chi connectivity index (χ2n) is 6.39. The molecule has 0 aliphatic heterocycles. The molecular formula is C20H24N2O2S3. The summed E-state index contributed by atoms with van der Waals surface area (Å²) < 4.78 is 5.07. The molecule has 3 rings (SSSR count). The van der Waals surface area contributed by atoms with Crippen molar-refractivity contribution in [3.05, 3.63) is 40.3 Å². The van der Waals surface area contributed by atoms with E-state index in [-0.39, 0.29) is 5.97 Å². The molecule has 4 nitrogen and oxygen atoms in total. The van der Waals surface area contributed by atoms with Gasteiger partial charge in [-0.15, -0.1) is 23.1 Å². The minimum Gasteiger partial charge on any atom is -0.465 e. The van der Waals surface area contributed by atoms with Crippen molar-refractivity contribution in [1.82, 2.24) is 0 Å². The van der Waals surface area contributed by atoms with Gasteiger partial charge in [0.2, 0.25) is 0 Å². The monoisotopic (exact) mass is 420 g/mol. The van der Waals surface area contributed by atoms with Crippen LogP contribution in [0.15, 0.2) is 29.2 Å². The van der Waals surface area contributed by atoms with Crippen LogP contribution in [0, 0.1) is 0 Å². The lowest BCUT2D eigenvalue weighted by molar-refractivity contribution is 0.0601. The van der Waals surface area contributed by atoms with Crippen LogP contribution in [0.25, 0.3) is 0 Å². The summed E-state index contributed by atoms with van der Waals surface area (Å²) in [5.41, 5.74) is 2.75. The van der Waals surface area contributed by atoms with Crippen LogP contribution in [0.4, 0.5) is 10.7 Å². The second kappa shape index (κ2) is 9.57. The van der Waals surface area contributed by atoms with Crippen LogP contribution in [0.1, 0.15) is 46.5 Å². The fourth-order valence-corrected chi connectivity index (χ4v) is 5.44. The number of thiocarbonyl (C=S) groups is 1. The Labute approximate surface area is 174 Å². The number of esters is 1. The lowest BCUT2D eigenvalue weighted by atomic mass is 9.96. The Balaban J connectivity index is 1.86. The predicted molar refractivity (Wildman–Crippen MR) is 120 cm³/mol. The van der Waals surface area contributed by atoms with Gasteiger partial charge in [0.25, 0.3) is 0 Å². The highest BCUT2D eigenvalue weighted by Crippen LogP contribution is 2.37. The van der Waals surface area contributed by atoms with E-state index in [1.54, 1.807) is 23.1 Å². The minimum atomic E-state index is -0.289. The molecule has 1 aromatic carbocycles. The third-order valence-corrected chi connectivity index (χ3v) is 6.85. The number of nitrogens with one attached hydrogen (secondary N) is 2. The first-order chi connectivity index (χ1) is 13.1. The molecular weight excluding hydrogens is 396 g/mol. The van der Waals surface area contributed by atoms with E-state index >= 15 is 0 Å². The number of ether oxygens (including phenoxy) is 1. The molecule has 2 aromatic rings. The van der Waals surface area contributed by atoms with Gasteiger partial charge in [0.15, 0.2) is 5.11 Å². The van der Waals surface area contributed by atoms with Gasteiger partial charge < -0.3 is 15.4 Å². The topological polar surface area (TPSA) is 50.4 Å². The summed E-state index contributed by atoms with van der Waals surface area (Å²) in [4.78, 5) is 14.9. The lowest BCUT2D eigenvalue weighted by Gasteiger charge is -2.13. The molecule has 0 radical (unpaired) electrons. The second-order valence-corrected chi connectivity index (χ2v) is 8.75. The predicted octanol–water partition coefficient (Wildman–Crippen LogP) is 5.72. The summed E-state index contributed by atoms with van der Waals surface area (Å²) in [7, 11) is 1.43. The Kier molecular flexibility index (Phi) is 7.15. The number of carbonyl (C=O) groups excluding carboxylic acids is 1. The quantitative estimate of drug-likeness (QED) is 0.374. The number of rotatable bonds is 4. The van der Waals surface area contributed by atoms with Crippen molar-refractivity contribution < 1.29 is 9.53 Å². The van der Waals surface area contributed by atoms with Crippen LogP contribution in [-0.2, 0) is 17.6 Å². The summed E-state index contributed by atoms with van der Waals surface area (Å²) >= 11 is 8.82. The van der Waals surface area contributed by atoms with E-state index < -0.39 is 0 Å². The van der Waals surface area contributed by atoms with Crippen molar-refractivity contribution in [2.45, 2.75) is 43.4 Å². The Morgan fingerprint density at radius 2 is 1.89 bits per heavy atom. The molecule has 1 aliphatic carbocycles. The SMILES string of the molecule is COC(=O)c1c(NC(=S)Nc2ccccc2SC)sc2c1CCCCCC2. The molecule has 0 spiro atoms. The molecule has 27 heavy (non-hydrogen) atoms. The number of hydrogen-bond acceptors (Lipinski definition) is 5. The Morgan fingerprint density at radius 1 is 1.15 bits per heavy atom. The molecule has 0 saturated carbocycles. The normalized spacial score (nSPS) is 13.9. The molecule has 1 heterocycles. The lowest BCUT2D eigenvalue weighted by Crippen LogP contribution is -2.20. The maximum absolute atomic E-state index is 12.5. The molecule has 144 valence electrons. The van der Waals surface area contributed by atoms with Crippen molar-refractivity contribution in [2.24, 2.45) is 0 Å². The number of benzene rings is 1. The van der Waals surface area contributed by atoms with Crippen molar-refractivity contribution in [2.75, 3.05) is 24.0 Å². The summed E-state index contributed by atoms with van der Waals surface area (Å²) in [6.07, 6.45) is 8.71. The molecule has 2 N–H and O–H groups in total. The summed E-state index contributed by atoms with van der Waals surface area (Å²) in [5.74, 6) is -0.289. The van der Waals surface area contributed by atoms with Crippen molar-refractivity contribution in [3.8, 4) is 0 Å².